The lowest BCUT2D eigenvalue weighted by Crippen LogP contribution is -2.40. The van der Waals surface area contributed by atoms with E-state index in [2.05, 4.69) is 74.0 Å². The zero-order valence-electron chi connectivity index (χ0n) is 28.9. The Kier molecular flexibility index (Phi) is 6.93. The maximum Gasteiger partial charge on any atom is 0.249 e. The van der Waals surface area contributed by atoms with E-state index in [0.717, 1.165) is 56.4 Å². The maximum atomic E-state index is 14.3. The molecule has 10 rings (SSSR count). The summed E-state index contributed by atoms with van der Waals surface area (Å²) in [5.41, 5.74) is 7.10. The Morgan fingerprint density at radius 2 is 1.88 bits per heavy atom. The number of anilines is 1. The van der Waals surface area contributed by atoms with Gasteiger partial charge in [0.25, 0.3) is 0 Å². The smallest absolute Gasteiger partial charge is 0.249 e. The number of H-pyrrole nitrogens is 1. The maximum absolute atomic E-state index is 14.3. The molecule has 0 radical (unpaired) electrons. The third-order valence-corrected chi connectivity index (χ3v) is 12.2. The highest BCUT2D eigenvalue weighted by molar-refractivity contribution is 9.10. The van der Waals surface area contributed by atoms with E-state index in [0.29, 0.717) is 47.6 Å². The molecule has 262 valence electrons. The number of oxazole rings is 2. The fraction of sp³-hybridized carbons (Fsp3) is 0.317. The summed E-state index contributed by atoms with van der Waals surface area (Å²) in [6.07, 6.45) is 5.15. The van der Waals surface area contributed by atoms with Crippen LogP contribution in [0.25, 0.3) is 44.9 Å². The minimum absolute atomic E-state index is 0.0174. The Balaban J connectivity index is 1.27. The van der Waals surface area contributed by atoms with Crippen LogP contribution < -0.4 is 15.4 Å². The number of halogens is 1. The molecule has 0 aliphatic carbocycles. The van der Waals surface area contributed by atoms with Crippen LogP contribution in [-0.2, 0) is 21.4 Å². The fourth-order valence-electron chi connectivity index (χ4n) is 8.76. The molecule has 0 saturated carbocycles. The van der Waals surface area contributed by atoms with Crippen molar-refractivity contribution in [2.45, 2.75) is 69.0 Å². The summed E-state index contributed by atoms with van der Waals surface area (Å²) in [5, 5.41) is 8.08. The molecule has 3 aromatic carbocycles. The summed E-state index contributed by atoms with van der Waals surface area (Å²) < 4.78 is 20.5. The summed E-state index contributed by atoms with van der Waals surface area (Å²) in [6.45, 7) is 6.09. The van der Waals surface area contributed by atoms with Crippen LogP contribution in [-0.4, -0.2) is 37.7 Å². The van der Waals surface area contributed by atoms with Crippen LogP contribution in [0, 0.1) is 11.8 Å². The number of carbonyl (C=O) groups excluding carboxylic acids is 2. The number of nitrogens with zero attached hydrogens (tertiary/aromatic N) is 2. The van der Waals surface area contributed by atoms with Crippen molar-refractivity contribution in [3.63, 3.8) is 0 Å². The zero-order valence-corrected chi connectivity index (χ0v) is 30.5. The highest BCUT2D eigenvalue weighted by atomic mass is 79.9. The van der Waals surface area contributed by atoms with Crippen molar-refractivity contribution in [3.05, 3.63) is 95.3 Å². The Hall–Kier alpha value is -5.16. The largest absolute Gasteiger partial charge is 0.469 e. The molecule has 52 heavy (non-hydrogen) atoms. The molecule has 5 atom stereocenters. The lowest BCUT2D eigenvalue weighted by atomic mass is 9.72. The van der Waals surface area contributed by atoms with Gasteiger partial charge in [-0.05, 0) is 42.0 Å². The topological polar surface area (TPSA) is 135 Å². The van der Waals surface area contributed by atoms with Crippen LogP contribution >= 0.6 is 15.9 Å². The van der Waals surface area contributed by atoms with E-state index in [1.807, 2.05) is 39.1 Å². The van der Waals surface area contributed by atoms with Gasteiger partial charge in [0, 0.05) is 57.4 Å². The van der Waals surface area contributed by atoms with Gasteiger partial charge in [-0.25, -0.2) is 9.97 Å². The molecule has 10 nitrogen and oxygen atoms in total. The van der Waals surface area contributed by atoms with Crippen molar-refractivity contribution >= 4 is 44.2 Å². The normalized spacial score (nSPS) is 22.6. The highest BCUT2D eigenvalue weighted by Gasteiger charge is 2.61. The molecule has 3 aromatic heterocycles. The number of para-hydroxylation sites is 1. The van der Waals surface area contributed by atoms with Crippen LogP contribution in [0.15, 0.2) is 75.8 Å². The third kappa shape index (κ3) is 4.34. The zero-order chi connectivity index (χ0) is 35.5. The number of nitrogens with one attached hydrogen (secondary N) is 3. The van der Waals surface area contributed by atoms with E-state index in [-0.39, 0.29) is 28.9 Å². The number of aromatic nitrogens is 3. The van der Waals surface area contributed by atoms with E-state index in [9.17, 15) is 9.59 Å². The van der Waals surface area contributed by atoms with Gasteiger partial charge in [-0.1, -0.05) is 85.6 Å². The van der Waals surface area contributed by atoms with E-state index < -0.39 is 23.6 Å². The molecule has 10 bridgehead atoms. The molecule has 6 aromatic rings. The van der Waals surface area contributed by atoms with Crippen LogP contribution in [0.2, 0.25) is 0 Å². The van der Waals surface area contributed by atoms with Gasteiger partial charge in [0.05, 0.1) is 11.0 Å². The molecule has 2 unspecified atom stereocenters. The predicted octanol–water partition coefficient (Wildman–Crippen LogP) is 8.45. The van der Waals surface area contributed by atoms with Gasteiger partial charge in [0.2, 0.25) is 17.7 Å². The average Bonchev–Trinajstić information content (AvgIpc) is 3.96. The first-order valence-corrected chi connectivity index (χ1v) is 18.9. The van der Waals surface area contributed by atoms with E-state index in [4.69, 9.17) is 23.5 Å². The van der Waals surface area contributed by atoms with Crippen molar-refractivity contribution in [1.82, 2.24) is 20.3 Å². The van der Waals surface area contributed by atoms with Gasteiger partial charge < -0.3 is 29.2 Å². The Morgan fingerprint density at radius 3 is 2.73 bits per heavy atom. The van der Waals surface area contributed by atoms with Crippen LogP contribution in [0.5, 0.6) is 5.75 Å². The first-order valence-electron chi connectivity index (χ1n) is 18.0. The molecule has 1 spiro atoms. The van der Waals surface area contributed by atoms with Gasteiger partial charge in [-0.3, -0.25) is 9.59 Å². The lowest BCUT2D eigenvalue weighted by Gasteiger charge is -2.28. The Bertz CT molecular complexity index is 2460. The summed E-state index contributed by atoms with van der Waals surface area (Å²) in [4.78, 5) is 40.8. The fourth-order valence-corrected chi connectivity index (χ4v) is 9.40. The first-order chi connectivity index (χ1) is 25.3. The average molecular weight is 759 g/mol. The van der Waals surface area contributed by atoms with Crippen LogP contribution in [0.1, 0.15) is 74.4 Å². The summed E-state index contributed by atoms with van der Waals surface area (Å²) >= 11 is 3.58. The third-order valence-electron chi connectivity index (χ3n) is 11.3. The highest BCUT2D eigenvalue weighted by Crippen LogP contribution is 2.61. The Labute approximate surface area is 307 Å². The first kappa shape index (κ1) is 31.6. The number of hydrogen-bond donors (Lipinski definition) is 3. The number of hydrogen-bond acceptors (Lipinski definition) is 8. The number of aromatic amines is 1. The van der Waals surface area contributed by atoms with Crippen LogP contribution in [0.3, 0.4) is 0 Å². The molecule has 0 saturated heterocycles. The van der Waals surface area contributed by atoms with E-state index >= 15 is 0 Å². The number of amides is 1. The number of fused-ring (bicyclic) bond motifs is 7. The van der Waals surface area contributed by atoms with Crippen molar-refractivity contribution in [2.75, 3.05) is 5.32 Å². The molecule has 7 heterocycles. The number of alkyl halides is 1. The van der Waals surface area contributed by atoms with Gasteiger partial charge in [0.15, 0.2) is 23.4 Å². The van der Waals surface area contributed by atoms with Crippen molar-refractivity contribution in [1.29, 1.82) is 0 Å². The predicted molar refractivity (Wildman–Crippen MR) is 199 cm³/mol. The second-order valence-corrected chi connectivity index (χ2v) is 15.9. The molecule has 11 heteroatoms. The van der Waals surface area contributed by atoms with Gasteiger partial charge in [0.1, 0.15) is 23.0 Å². The molecule has 3 N–H and O–H groups in total. The van der Waals surface area contributed by atoms with Crippen molar-refractivity contribution in [3.8, 4) is 39.8 Å². The second-order valence-electron chi connectivity index (χ2n) is 14.8. The summed E-state index contributed by atoms with van der Waals surface area (Å²) in [5.74, 6) is 1.57. The SMILES string of the molecule is CCCC(Br)C(=O)C[C@H]1Cc2ccc3c(c2)C24c5cccc(c5N[C@H]2O3)-c2cccc3[nH]cc(c23)-c2cnc(o2)-c2nc(oc24)[C@H](C(C)C)NC1=O. The number of Topliss-reactive ketones (excluding diaryl/α,β-unsaturated/α-hetero) is 1. The summed E-state index contributed by atoms with van der Waals surface area (Å²) in [6, 6.07) is 18.1. The number of benzene rings is 3. The van der Waals surface area contributed by atoms with Crippen LogP contribution in [0.4, 0.5) is 5.69 Å². The molecular formula is C41H36BrN5O5. The minimum Gasteiger partial charge on any atom is -0.469 e. The van der Waals surface area contributed by atoms with Gasteiger partial charge in [-0.2, -0.15) is 0 Å². The van der Waals surface area contributed by atoms with Gasteiger partial charge in [-0.15, -0.1) is 0 Å². The number of ether oxygens (including phenoxy) is 1. The molecule has 1 amide bonds. The molecule has 4 aliphatic heterocycles. The van der Waals surface area contributed by atoms with E-state index in [1.165, 1.54) is 0 Å². The number of rotatable bonds is 6. The quantitative estimate of drug-likeness (QED) is 0.144. The standard InChI is InChI=1S/C41H36BrN5O5/c1-4-7-27(42)29(48)16-21-14-20-12-13-30-26(15-20)41-25-10-5-9-23(34(25)47-40(41)51-30)22-8-6-11-28-32(22)24(17-43-28)31-18-44-38(50-31)35-36(41)52-39(46-35)33(19(2)3)45-37(21)49/h5-6,8-13,15,17-19,21,27,33,40,43,47H,4,7,14,16H2,1-3H3,(H,45,49)/t21-,27?,33+,40+,41?/m1/s1. The molecule has 4 aliphatic rings. The van der Waals surface area contributed by atoms with E-state index in [1.54, 1.807) is 6.20 Å². The van der Waals surface area contributed by atoms with Crippen molar-refractivity contribution in [2.24, 2.45) is 11.8 Å². The van der Waals surface area contributed by atoms with Crippen molar-refractivity contribution < 1.29 is 23.2 Å². The lowest BCUT2D eigenvalue weighted by molar-refractivity contribution is -0.130. The van der Waals surface area contributed by atoms with Gasteiger partial charge >= 0.3 is 0 Å². The molecule has 0 fully saturated rings. The Morgan fingerprint density at radius 1 is 1.04 bits per heavy atom. The number of ketones is 1. The summed E-state index contributed by atoms with van der Waals surface area (Å²) in [7, 11) is 0. The second kappa shape index (κ2) is 11.4. The number of carbonyl (C=O) groups is 2. The minimum atomic E-state index is -1.00. The monoisotopic (exact) mass is 757 g/mol. The molecular weight excluding hydrogens is 722 g/mol.